The first kappa shape index (κ1) is 13.6. The zero-order valence-corrected chi connectivity index (χ0v) is 11.8. The van der Waals surface area contributed by atoms with Gasteiger partial charge in [0.15, 0.2) is 0 Å². The van der Waals surface area contributed by atoms with Crippen molar-refractivity contribution in [1.82, 2.24) is 4.72 Å². The van der Waals surface area contributed by atoms with Crippen LogP contribution in [0.15, 0.2) is 17.0 Å². The normalized spacial score (nSPS) is 16.6. The van der Waals surface area contributed by atoms with Crippen molar-refractivity contribution in [3.05, 3.63) is 22.7 Å². The largest absolute Gasteiger partial charge is 0.397 e. The van der Waals surface area contributed by atoms with Crippen molar-refractivity contribution in [2.75, 3.05) is 12.3 Å². The van der Waals surface area contributed by atoms with Gasteiger partial charge in [-0.2, -0.15) is 0 Å². The number of benzene rings is 1. The molecule has 0 aromatic heterocycles. The summed E-state index contributed by atoms with van der Waals surface area (Å²) in [6.07, 6.45) is 3.40. The van der Waals surface area contributed by atoms with Crippen LogP contribution in [0.25, 0.3) is 0 Å². The number of hydrogen-bond acceptors (Lipinski definition) is 3. The molecule has 1 aliphatic rings. The van der Waals surface area contributed by atoms with Crippen LogP contribution in [0.1, 0.15) is 24.8 Å². The number of nitrogens with one attached hydrogen (secondary N) is 1. The topological polar surface area (TPSA) is 72.2 Å². The van der Waals surface area contributed by atoms with E-state index in [4.69, 9.17) is 17.3 Å². The molecule has 4 nitrogen and oxygen atoms in total. The number of halogens is 1. The Hall–Kier alpha value is -0.780. The van der Waals surface area contributed by atoms with Crippen molar-refractivity contribution in [3.63, 3.8) is 0 Å². The molecule has 0 spiro atoms. The average molecular weight is 289 g/mol. The molecule has 0 bridgehead atoms. The second-order valence-corrected chi connectivity index (χ2v) is 6.93. The summed E-state index contributed by atoms with van der Waals surface area (Å²) in [5.41, 5.74) is 6.55. The van der Waals surface area contributed by atoms with E-state index in [-0.39, 0.29) is 10.6 Å². The minimum Gasteiger partial charge on any atom is -0.397 e. The van der Waals surface area contributed by atoms with Crippen LogP contribution in [0, 0.1) is 12.8 Å². The van der Waals surface area contributed by atoms with Crippen molar-refractivity contribution < 1.29 is 8.42 Å². The summed E-state index contributed by atoms with van der Waals surface area (Å²) < 4.78 is 26.9. The Morgan fingerprint density at radius 3 is 2.67 bits per heavy atom. The van der Waals surface area contributed by atoms with Crippen molar-refractivity contribution in [3.8, 4) is 0 Å². The summed E-state index contributed by atoms with van der Waals surface area (Å²) in [6, 6.07) is 3.00. The third kappa shape index (κ3) is 2.79. The SMILES string of the molecule is Cc1cc(Cl)c(N)cc1S(=O)(=O)NCC1CCC1. The van der Waals surface area contributed by atoms with Gasteiger partial charge in [0.05, 0.1) is 15.6 Å². The van der Waals surface area contributed by atoms with Gasteiger partial charge >= 0.3 is 0 Å². The molecule has 0 unspecified atom stereocenters. The van der Waals surface area contributed by atoms with Gasteiger partial charge in [0, 0.05) is 6.54 Å². The highest BCUT2D eigenvalue weighted by molar-refractivity contribution is 7.89. The summed E-state index contributed by atoms with van der Waals surface area (Å²) in [5.74, 6) is 0.477. The maximum absolute atomic E-state index is 12.2. The number of rotatable bonds is 4. The second kappa shape index (κ2) is 5.07. The predicted octanol–water partition coefficient (Wildman–Crippen LogP) is 2.31. The Morgan fingerprint density at radius 2 is 2.11 bits per heavy atom. The number of anilines is 1. The van der Waals surface area contributed by atoms with E-state index in [1.807, 2.05) is 0 Å². The third-order valence-corrected chi connectivity index (χ3v) is 5.26. The number of sulfonamides is 1. The molecule has 1 fully saturated rings. The molecule has 3 N–H and O–H groups in total. The van der Waals surface area contributed by atoms with E-state index in [9.17, 15) is 8.42 Å². The zero-order valence-electron chi connectivity index (χ0n) is 10.2. The predicted molar refractivity (Wildman–Crippen MR) is 73.1 cm³/mol. The van der Waals surface area contributed by atoms with E-state index in [0.29, 0.717) is 23.0 Å². The van der Waals surface area contributed by atoms with Crippen LogP contribution >= 0.6 is 11.6 Å². The van der Waals surface area contributed by atoms with E-state index < -0.39 is 10.0 Å². The fourth-order valence-corrected chi connectivity index (χ4v) is 3.55. The summed E-state index contributed by atoms with van der Waals surface area (Å²) in [4.78, 5) is 0.212. The van der Waals surface area contributed by atoms with Gasteiger partial charge < -0.3 is 5.73 Å². The Bertz CT molecular complexity index is 553. The van der Waals surface area contributed by atoms with Gasteiger partial charge in [-0.25, -0.2) is 13.1 Å². The van der Waals surface area contributed by atoms with E-state index in [1.54, 1.807) is 13.0 Å². The molecule has 6 heteroatoms. The molecule has 18 heavy (non-hydrogen) atoms. The standard InChI is InChI=1S/C12H17ClN2O2S/c1-8-5-10(13)11(14)6-12(8)18(16,17)15-7-9-3-2-4-9/h5-6,9,15H,2-4,7,14H2,1H3. The Labute approximate surface area is 113 Å². The van der Waals surface area contributed by atoms with E-state index in [2.05, 4.69) is 4.72 Å². The maximum atomic E-state index is 12.2. The molecule has 0 amide bonds. The number of nitrogen functional groups attached to an aromatic ring is 1. The van der Waals surface area contributed by atoms with Gasteiger partial charge in [-0.05, 0) is 43.4 Å². The van der Waals surface area contributed by atoms with Gasteiger partial charge in [0.2, 0.25) is 10.0 Å². The van der Waals surface area contributed by atoms with Crippen LogP contribution in [0.3, 0.4) is 0 Å². The van der Waals surface area contributed by atoms with Crippen LogP contribution in [0.2, 0.25) is 5.02 Å². The fraction of sp³-hybridized carbons (Fsp3) is 0.500. The highest BCUT2D eigenvalue weighted by atomic mass is 35.5. The lowest BCUT2D eigenvalue weighted by Gasteiger charge is -2.25. The minimum atomic E-state index is -3.49. The van der Waals surface area contributed by atoms with Gasteiger partial charge in [0.25, 0.3) is 0 Å². The molecule has 0 radical (unpaired) electrons. The monoisotopic (exact) mass is 288 g/mol. The molecule has 0 saturated heterocycles. The molecule has 1 aliphatic carbocycles. The third-order valence-electron chi connectivity index (χ3n) is 3.37. The quantitative estimate of drug-likeness (QED) is 0.835. The lowest BCUT2D eigenvalue weighted by Crippen LogP contribution is -2.32. The van der Waals surface area contributed by atoms with Crippen molar-refractivity contribution in [2.24, 2.45) is 5.92 Å². The molecule has 100 valence electrons. The molecule has 1 aromatic carbocycles. The molecule has 1 aromatic rings. The van der Waals surface area contributed by atoms with Crippen molar-refractivity contribution >= 4 is 27.3 Å². The number of nitrogens with two attached hydrogens (primary N) is 1. The van der Waals surface area contributed by atoms with Crippen molar-refractivity contribution in [1.29, 1.82) is 0 Å². The van der Waals surface area contributed by atoms with Crippen LogP contribution in [0.4, 0.5) is 5.69 Å². The molecule has 0 aliphatic heterocycles. The Morgan fingerprint density at radius 1 is 1.44 bits per heavy atom. The molecule has 2 rings (SSSR count). The molecule has 1 saturated carbocycles. The van der Waals surface area contributed by atoms with Crippen LogP contribution in [-0.4, -0.2) is 15.0 Å². The number of aryl methyl sites for hydroxylation is 1. The zero-order chi connectivity index (χ0) is 13.3. The summed E-state index contributed by atoms with van der Waals surface area (Å²) >= 11 is 5.85. The van der Waals surface area contributed by atoms with E-state index in [1.165, 1.54) is 12.5 Å². The molecular weight excluding hydrogens is 272 g/mol. The van der Waals surface area contributed by atoms with Crippen LogP contribution in [-0.2, 0) is 10.0 Å². The van der Waals surface area contributed by atoms with Crippen LogP contribution in [0.5, 0.6) is 0 Å². The average Bonchev–Trinajstić information content (AvgIpc) is 2.20. The van der Waals surface area contributed by atoms with Gasteiger partial charge in [-0.1, -0.05) is 18.0 Å². The first-order valence-corrected chi connectivity index (χ1v) is 7.81. The summed E-state index contributed by atoms with van der Waals surface area (Å²) in [6.45, 7) is 2.22. The molecule has 0 heterocycles. The van der Waals surface area contributed by atoms with E-state index in [0.717, 1.165) is 12.8 Å². The first-order valence-electron chi connectivity index (χ1n) is 5.95. The van der Waals surface area contributed by atoms with E-state index >= 15 is 0 Å². The highest BCUT2D eigenvalue weighted by Gasteiger charge is 2.23. The second-order valence-electron chi connectivity index (χ2n) is 4.79. The Kier molecular flexibility index (Phi) is 3.84. The smallest absolute Gasteiger partial charge is 0.240 e. The number of hydrogen-bond donors (Lipinski definition) is 2. The van der Waals surface area contributed by atoms with Gasteiger partial charge in [-0.3, -0.25) is 0 Å². The first-order chi connectivity index (χ1) is 8.40. The summed E-state index contributed by atoms with van der Waals surface area (Å²) in [5, 5.41) is 0.380. The Balaban J connectivity index is 2.20. The molecular formula is C12H17ClN2O2S. The van der Waals surface area contributed by atoms with Gasteiger partial charge in [0.1, 0.15) is 0 Å². The highest BCUT2D eigenvalue weighted by Crippen LogP contribution is 2.28. The summed E-state index contributed by atoms with van der Waals surface area (Å²) in [7, 11) is -3.49. The molecule has 0 atom stereocenters. The van der Waals surface area contributed by atoms with Crippen LogP contribution < -0.4 is 10.5 Å². The lowest BCUT2D eigenvalue weighted by atomic mass is 9.86. The lowest BCUT2D eigenvalue weighted by molar-refractivity contribution is 0.316. The minimum absolute atomic E-state index is 0.212. The fourth-order valence-electron chi connectivity index (χ4n) is 1.96. The van der Waals surface area contributed by atoms with Crippen molar-refractivity contribution in [2.45, 2.75) is 31.1 Å². The van der Waals surface area contributed by atoms with Gasteiger partial charge in [-0.15, -0.1) is 0 Å². The maximum Gasteiger partial charge on any atom is 0.240 e.